The maximum atomic E-state index is 5.77. The van der Waals surface area contributed by atoms with Gasteiger partial charge in [-0.25, -0.2) is 4.68 Å². The molecule has 2 rings (SSSR count). The van der Waals surface area contributed by atoms with E-state index in [1.54, 1.807) is 4.68 Å². The summed E-state index contributed by atoms with van der Waals surface area (Å²) in [5.74, 6) is 0.804. The van der Waals surface area contributed by atoms with E-state index in [1.165, 1.54) is 0 Å². The highest BCUT2D eigenvalue weighted by molar-refractivity contribution is 5.31. The van der Waals surface area contributed by atoms with Gasteiger partial charge in [0.1, 0.15) is 0 Å². The number of anilines is 1. The lowest BCUT2D eigenvalue weighted by Crippen LogP contribution is -2.55. The second-order valence-corrected chi connectivity index (χ2v) is 3.95. The molecule has 2 heterocycles. The molecule has 15 heavy (non-hydrogen) atoms. The van der Waals surface area contributed by atoms with Gasteiger partial charge in [-0.05, 0) is 17.5 Å². The number of aromatic nitrogens is 4. The van der Waals surface area contributed by atoms with Crippen molar-refractivity contribution < 1.29 is 0 Å². The maximum absolute atomic E-state index is 5.77. The van der Waals surface area contributed by atoms with E-state index in [2.05, 4.69) is 32.4 Å². The van der Waals surface area contributed by atoms with Crippen LogP contribution in [0, 0.1) is 0 Å². The molecule has 0 amide bonds. The van der Waals surface area contributed by atoms with E-state index in [1.807, 2.05) is 7.05 Å². The molecule has 0 aliphatic carbocycles. The Hall–Kier alpha value is -1.21. The monoisotopic (exact) mass is 211 g/mol. The van der Waals surface area contributed by atoms with Crippen LogP contribution in [0.5, 0.6) is 0 Å². The molecular weight excluding hydrogens is 194 g/mol. The minimum Gasteiger partial charge on any atom is -0.333 e. The van der Waals surface area contributed by atoms with Gasteiger partial charge >= 0.3 is 0 Å². The van der Waals surface area contributed by atoms with Gasteiger partial charge in [-0.15, -0.1) is 0 Å². The van der Waals surface area contributed by atoms with Crippen molar-refractivity contribution in [2.24, 2.45) is 12.8 Å². The lowest BCUT2D eigenvalue weighted by molar-refractivity contribution is 0.266. The number of hydrogen-bond donors (Lipinski definition) is 1. The summed E-state index contributed by atoms with van der Waals surface area (Å²) in [5, 5.41) is 11.5. The fraction of sp³-hybridized carbons (Fsp3) is 0.875. The number of tetrazole rings is 1. The molecule has 7 nitrogen and oxygen atoms in total. The molecule has 0 saturated carbocycles. The summed E-state index contributed by atoms with van der Waals surface area (Å²) in [5.41, 5.74) is 5.77. The Bertz CT molecular complexity index is 323. The van der Waals surface area contributed by atoms with Gasteiger partial charge in [-0.3, -0.25) is 0 Å². The average molecular weight is 211 g/mol. The minimum atomic E-state index is 0.299. The summed E-state index contributed by atoms with van der Waals surface area (Å²) in [6.07, 6.45) is 0. The lowest BCUT2D eigenvalue weighted by atomic mass is 10.2. The van der Waals surface area contributed by atoms with Gasteiger partial charge in [0.2, 0.25) is 5.95 Å². The third-order valence-electron chi connectivity index (χ3n) is 2.81. The van der Waals surface area contributed by atoms with E-state index in [0.29, 0.717) is 12.6 Å². The van der Waals surface area contributed by atoms with Crippen molar-refractivity contribution in [3.8, 4) is 0 Å². The molecule has 1 aliphatic rings. The molecule has 0 aromatic carbocycles. The van der Waals surface area contributed by atoms with Crippen LogP contribution in [0.15, 0.2) is 0 Å². The Balaban J connectivity index is 2.17. The van der Waals surface area contributed by atoms with Gasteiger partial charge in [0.25, 0.3) is 0 Å². The predicted octanol–water partition coefficient (Wildman–Crippen LogP) is -1.71. The molecule has 0 bridgehead atoms. The maximum Gasteiger partial charge on any atom is 0.245 e. The molecule has 1 fully saturated rings. The van der Waals surface area contributed by atoms with Crippen LogP contribution in [0.25, 0.3) is 0 Å². The van der Waals surface area contributed by atoms with Crippen LogP contribution in [0.2, 0.25) is 0 Å². The topological polar surface area (TPSA) is 76.1 Å². The summed E-state index contributed by atoms with van der Waals surface area (Å²) >= 11 is 0. The van der Waals surface area contributed by atoms with E-state index >= 15 is 0 Å². The van der Waals surface area contributed by atoms with Gasteiger partial charge < -0.3 is 15.5 Å². The van der Waals surface area contributed by atoms with E-state index in [-0.39, 0.29) is 0 Å². The molecule has 1 aliphatic heterocycles. The first-order valence-electron chi connectivity index (χ1n) is 5.10. The Morgan fingerprint density at radius 2 is 2.20 bits per heavy atom. The largest absolute Gasteiger partial charge is 0.333 e. The highest BCUT2D eigenvalue weighted by atomic mass is 15.6. The third-order valence-corrected chi connectivity index (χ3v) is 2.81. The molecule has 2 N–H and O–H groups in total. The first kappa shape index (κ1) is 10.3. The minimum absolute atomic E-state index is 0.299. The number of rotatable bonds is 2. The molecule has 1 unspecified atom stereocenters. The summed E-state index contributed by atoms with van der Waals surface area (Å²) in [6, 6.07) is 0.299. The van der Waals surface area contributed by atoms with E-state index in [9.17, 15) is 0 Å². The first-order valence-corrected chi connectivity index (χ1v) is 5.10. The van der Waals surface area contributed by atoms with Gasteiger partial charge in [0.15, 0.2) is 0 Å². The molecule has 1 aromatic rings. The molecule has 0 radical (unpaired) electrons. The van der Waals surface area contributed by atoms with Gasteiger partial charge in [-0.2, -0.15) is 0 Å². The van der Waals surface area contributed by atoms with Gasteiger partial charge in [0.05, 0.1) is 6.04 Å². The molecule has 1 aromatic heterocycles. The molecular formula is C8H17N7. The van der Waals surface area contributed by atoms with Crippen molar-refractivity contribution in [2.75, 3.05) is 38.1 Å². The molecule has 84 valence electrons. The smallest absolute Gasteiger partial charge is 0.245 e. The number of hydrogen-bond acceptors (Lipinski definition) is 6. The third kappa shape index (κ3) is 1.93. The molecule has 1 atom stereocenters. The summed E-state index contributed by atoms with van der Waals surface area (Å²) in [4.78, 5) is 4.46. The van der Waals surface area contributed by atoms with E-state index in [0.717, 1.165) is 25.6 Å². The fourth-order valence-electron chi connectivity index (χ4n) is 1.94. The fourth-order valence-corrected chi connectivity index (χ4v) is 1.94. The van der Waals surface area contributed by atoms with Gasteiger partial charge in [0, 0.05) is 33.2 Å². The second-order valence-electron chi connectivity index (χ2n) is 3.95. The Kier molecular flexibility index (Phi) is 2.83. The van der Waals surface area contributed by atoms with Crippen molar-refractivity contribution in [1.82, 2.24) is 25.1 Å². The zero-order chi connectivity index (χ0) is 10.8. The normalized spacial score (nSPS) is 23.4. The number of aryl methyl sites for hydroxylation is 1. The lowest BCUT2D eigenvalue weighted by Gasteiger charge is -2.39. The van der Waals surface area contributed by atoms with E-state index in [4.69, 9.17) is 5.73 Å². The van der Waals surface area contributed by atoms with Gasteiger partial charge in [-0.1, -0.05) is 5.10 Å². The van der Waals surface area contributed by atoms with Crippen molar-refractivity contribution in [3.05, 3.63) is 0 Å². The highest BCUT2D eigenvalue weighted by Crippen LogP contribution is 2.14. The number of nitrogens with two attached hydrogens (primary N) is 1. The Labute approximate surface area is 88.8 Å². The van der Waals surface area contributed by atoms with Crippen LogP contribution in [-0.4, -0.2) is 64.4 Å². The van der Waals surface area contributed by atoms with Crippen molar-refractivity contribution in [3.63, 3.8) is 0 Å². The number of nitrogens with zero attached hydrogens (tertiary/aromatic N) is 6. The van der Waals surface area contributed by atoms with Crippen molar-refractivity contribution in [2.45, 2.75) is 6.04 Å². The average Bonchev–Trinajstić information content (AvgIpc) is 2.64. The van der Waals surface area contributed by atoms with Crippen LogP contribution < -0.4 is 10.6 Å². The van der Waals surface area contributed by atoms with Crippen LogP contribution in [0.1, 0.15) is 0 Å². The van der Waals surface area contributed by atoms with Crippen LogP contribution in [0.4, 0.5) is 5.95 Å². The number of piperazine rings is 1. The van der Waals surface area contributed by atoms with E-state index < -0.39 is 0 Å². The summed E-state index contributed by atoms with van der Waals surface area (Å²) < 4.78 is 1.69. The zero-order valence-electron chi connectivity index (χ0n) is 9.17. The SMILES string of the molecule is CN1CCN(c2nnnn2C)C(CN)C1. The number of likely N-dealkylation sites (N-methyl/N-ethyl adjacent to an activating group) is 1. The van der Waals surface area contributed by atoms with Crippen LogP contribution in [0.3, 0.4) is 0 Å². The Morgan fingerprint density at radius 1 is 1.40 bits per heavy atom. The van der Waals surface area contributed by atoms with Crippen LogP contribution in [-0.2, 0) is 7.05 Å². The van der Waals surface area contributed by atoms with Crippen molar-refractivity contribution >= 4 is 5.95 Å². The molecule has 7 heteroatoms. The quantitative estimate of drug-likeness (QED) is 0.627. The highest BCUT2D eigenvalue weighted by Gasteiger charge is 2.27. The standard InChI is InChI=1S/C8H17N7/c1-13-3-4-15(7(5-9)6-13)8-10-11-12-14(8)2/h7H,3-6,9H2,1-2H3. The van der Waals surface area contributed by atoms with Crippen molar-refractivity contribution in [1.29, 1.82) is 0 Å². The Morgan fingerprint density at radius 3 is 2.80 bits per heavy atom. The predicted molar refractivity (Wildman–Crippen MR) is 56.5 cm³/mol. The first-order chi connectivity index (χ1) is 7.22. The molecule has 0 spiro atoms. The zero-order valence-corrected chi connectivity index (χ0v) is 9.17. The van der Waals surface area contributed by atoms with Crippen LogP contribution >= 0.6 is 0 Å². The summed E-state index contributed by atoms with van der Waals surface area (Å²) in [6.45, 7) is 3.52. The summed E-state index contributed by atoms with van der Waals surface area (Å²) in [7, 11) is 3.95. The second kappa shape index (κ2) is 4.11. The molecule has 1 saturated heterocycles.